The molecule has 0 atom stereocenters. The van der Waals surface area contributed by atoms with Crippen LogP contribution in [0.25, 0.3) is 0 Å². The van der Waals surface area contributed by atoms with Gasteiger partial charge in [-0.25, -0.2) is 0 Å². The quantitative estimate of drug-likeness (QED) is 0.176. The standard InChI is InChI=1S/C32H27ClNOP/c1-35-28-23-21-27(22-24-28)34-25-26-13-11-12-20-32(26)36(33,29-14-5-2-6-15-29,30-16-7-3-8-17-30)31-18-9-4-10-19-31/h2-25H,1H3. The van der Waals surface area contributed by atoms with E-state index in [9.17, 15) is 0 Å². The summed E-state index contributed by atoms with van der Waals surface area (Å²) in [4.78, 5) is 4.82. The second-order valence-corrected chi connectivity index (χ2v) is 14.6. The molecule has 0 spiro atoms. The van der Waals surface area contributed by atoms with Crippen molar-refractivity contribution < 1.29 is 4.74 Å². The van der Waals surface area contributed by atoms with Gasteiger partial charge >= 0.3 is 218 Å². The molecule has 5 aromatic carbocycles. The minimum atomic E-state index is -3.66. The van der Waals surface area contributed by atoms with E-state index in [0.29, 0.717) is 0 Å². The SMILES string of the molecule is COc1ccc(N=Cc2ccccc2P(Cl)(c2ccccc2)(c2ccccc2)c2ccccc2)cc1. The molecular formula is C32H27ClNOP. The van der Waals surface area contributed by atoms with Crippen LogP contribution in [0.3, 0.4) is 0 Å². The third kappa shape index (κ3) is 4.03. The van der Waals surface area contributed by atoms with Gasteiger partial charge in [-0.1, -0.05) is 0 Å². The van der Waals surface area contributed by atoms with Gasteiger partial charge in [-0.15, -0.1) is 0 Å². The first-order valence-corrected chi connectivity index (χ1v) is 15.0. The van der Waals surface area contributed by atoms with E-state index in [1.165, 1.54) is 0 Å². The summed E-state index contributed by atoms with van der Waals surface area (Å²) in [7, 11) is 1.66. The molecule has 36 heavy (non-hydrogen) atoms. The van der Waals surface area contributed by atoms with E-state index in [1.807, 2.05) is 54.7 Å². The first-order valence-electron chi connectivity index (χ1n) is 11.8. The summed E-state index contributed by atoms with van der Waals surface area (Å²) in [6.45, 7) is 0. The van der Waals surface area contributed by atoms with Crippen LogP contribution in [0.2, 0.25) is 0 Å². The van der Waals surface area contributed by atoms with Crippen LogP contribution < -0.4 is 26.0 Å². The normalized spacial score (nSPS) is 12.7. The average molecular weight is 508 g/mol. The monoisotopic (exact) mass is 507 g/mol. The Balaban J connectivity index is 1.83. The fourth-order valence-electron chi connectivity index (χ4n) is 4.78. The van der Waals surface area contributed by atoms with E-state index in [-0.39, 0.29) is 0 Å². The van der Waals surface area contributed by atoms with Crippen molar-refractivity contribution in [3.05, 3.63) is 145 Å². The Morgan fingerprint density at radius 3 is 1.50 bits per heavy atom. The molecular weight excluding hydrogens is 481 g/mol. The van der Waals surface area contributed by atoms with E-state index in [2.05, 4.69) is 91.0 Å². The number of halogens is 1. The van der Waals surface area contributed by atoms with Gasteiger partial charge in [0.2, 0.25) is 0 Å². The van der Waals surface area contributed by atoms with Crippen LogP contribution in [0.1, 0.15) is 5.56 Å². The van der Waals surface area contributed by atoms with Crippen LogP contribution in [-0.4, -0.2) is 13.3 Å². The summed E-state index contributed by atoms with van der Waals surface area (Å²) < 4.78 is 5.29. The Morgan fingerprint density at radius 1 is 0.583 bits per heavy atom. The van der Waals surface area contributed by atoms with Gasteiger partial charge in [0, 0.05) is 0 Å². The molecule has 0 bridgehead atoms. The molecule has 0 N–H and O–H groups in total. The van der Waals surface area contributed by atoms with Crippen LogP contribution in [-0.2, 0) is 0 Å². The molecule has 4 heteroatoms. The number of benzene rings is 5. The Bertz CT molecular complexity index is 1370. The molecule has 0 unspecified atom stereocenters. The Labute approximate surface area is 217 Å². The molecule has 0 heterocycles. The van der Waals surface area contributed by atoms with E-state index < -0.39 is 5.96 Å². The topological polar surface area (TPSA) is 21.6 Å². The number of methoxy groups -OCH3 is 1. The predicted octanol–water partition coefficient (Wildman–Crippen LogP) is 6.75. The Kier molecular flexibility index (Phi) is 6.74. The van der Waals surface area contributed by atoms with Crippen LogP contribution in [0, 0.1) is 0 Å². The second-order valence-electron chi connectivity index (χ2n) is 8.53. The number of rotatable bonds is 7. The molecule has 0 amide bonds. The van der Waals surface area contributed by atoms with Gasteiger partial charge in [-0.2, -0.15) is 0 Å². The summed E-state index contributed by atoms with van der Waals surface area (Å²) in [6, 6.07) is 47.5. The molecule has 0 aromatic heterocycles. The van der Waals surface area contributed by atoms with Crippen LogP contribution in [0.15, 0.2) is 145 Å². The van der Waals surface area contributed by atoms with Crippen molar-refractivity contribution in [3.8, 4) is 5.75 Å². The van der Waals surface area contributed by atoms with Gasteiger partial charge in [0.05, 0.1) is 0 Å². The molecule has 178 valence electrons. The van der Waals surface area contributed by atoms with Crippen molar-refractivity contribution in [1.82, 2.24) is 0 Å². The molecule has 0 radical (unpaired) electrons. The van der Waals surface area contributed by atoms with Gasteiger partial charge in [0.1, 0.15) is 0 Å². The molecule has 0 saturated heterocycles. The van der Waals surface area contributed by atoms with Crippen molar-refractivity contribution in [2.45, 2.75) is 0 Å². The van der Waals surface area contributed by atoms with Gasteiger partial charge in [0.15, 0.2) is 0 Å². The molecule has 0 aliphatic heterocycles. The fraction of sp³-hybridized carbons (Fsp3) is 0.0312. The predicted molar refractivity (Wildman–Crippen MR) is 157 cm³/mol. The molecule has 2 nitrogen and oxygen atoms in total. The Hall–Kier alpha value is -3.71. The van der Waals surface area contributed by atoms with Gasteiger partial charge < -0.3 is 0 Å². The van der Waals surface area contributed by atoms with Crippen molar-refractivity contribution in [2.24, 2.45) is 4.99 Å². The summed E-state index contributed by atoms with van der Waals surface area (Å²) in [5.74, 6) is -2.86. The third-order valence-electron chi connectivity index (χ3n) is 6.54. The zero-order valence-corrected chi connectivity index (χ0v) is 21.7. The molecule has 5 rings (SSSR count). The van der Waals surface area contributed by atoms with E-state index in [4.69, 9.17) is 21.0 Å². The van der Waals surface area contributed by atoms with Crippen LogP contribution >= 0.6 is 17.2 Å². The molecule has 0 fully saturated rings. The van der Waals surface area contributed by atoms with Crippen molar-refractivity contribution in [1.29, 1.82) is 0 Å². The summed E-state index contributed by atoms with van der Waals surface area (Å²) in [5, 5.41) is 4.33. The number of hydrogen-bond donors (Lipinski definition) is 0. The Morgan fingerprint density at radius 2 is 1.03 bits per heavy atom. The first-order chi connectivity index (χ1) is 17.6. The maximum absolute atomic E-state index is 8.38. The summed E-state index contributed by atoms with van der Waals surface area (Å²) >= 11 is 8.38. The molecule has 0 aliphatic rings. The van der Waals surface area contributed by atoms with Crippen molar-refractivity contribution in [2.75, 3.05) is 7.11 Å². The third-order valence-corrected chi connectivity index (χ3v) is 14.0. The number of nitrogens with zero attached hydrogens (tertiary/aromatic N) is 1. The van der Waals surface area contributed by atoms with Gasteiger partial charge in [0.25, 0.3) is 0 Å². The van der Waals surface area contributed by atoms with E-state index in [0.717, 1.165) is 38.2 Å². The average Bonchev–Trinajstić information content (AvgIpc) is 2.97. The summed E-state index contributed by atoms with van der Waals surface area (Å²) in [6.07, 6.45) is 1.93. The van der Waals surface area contributed by atoms with Crippen molar-refractivity contribution in [3.63, 3.8) is 0 Å². The zero-order valence-electron chi connectivity index (χ0n) is 20.0. The molecule has 0 saturated carbocycles. The minimum absolute atomic E-state index is 0.803. The summed E-state index contributed by atoms with van der Waals surface area (Å²) in [5.41, 5.74) is 1.83. The second kappa shape index (κ2) is 10.1. The zero-order chi connectivity index (χ0) is 24.9. The number of ether oxygens (including phenoxy) is 1. The van der Waals surface area contributed by atoms with Crippen LogP contribution in [0.5, 0.6) is 5.75 Å². The number of hydrogen-bond acceptors (Lipinski definition) is 2. The van der Waals surface area contributed by atoms with E-state index in [1.54, 1.807) is 7.11 Å². The van der Waals surface area contributed by atoms with Gasteiger partial charge in [-0.3, -0.25) is 0 Å². The number of aliphatic imine (C=N–C) groups is 1. The maximum atomic E-state index is 8.38. The van der Waals surface area contributed by atoms with Crippen molar-refractivity contribution >= 4 is 50.3 Å². The molecule has 5 aromatic rings. The first kappa shape index (κ1) is 24.0. The van der Waals surface area contributed by atoms with Crippen LogP contribution in [0.4, 0.5) is 5.69 Å². The molecule has 0 aliphatic carbocycles. The van der Waals surface area contributed by atoms with E-state index >= 15 is 0 Å². The van der Waals surface area contributed by atoms with Gasteiger partial charge in [-0.05, 0) is 0 Å². The fourth-order valence-corrected chi connectivity index (χ4v) is 11.2.